The van der Waals surface area contributed by atoms with Crippen LogP contribution < -0.4 is 0 Å². The van der Waals surface area contributed by atoms with Crippen molar-refractivity contribution in [2.45, 2.75) is 6.42 Å². The average molecular weight is 309 g/mol. The number of rotatable bonds is 8. The van der Waals surface area contributed by atoms with Crippen molar-refractivity contribution >= 4 is 52.3 Å². The summed E-state index contributed by atoms with van der Waals surface area (Å²) in [5.41, 5.74) is 0. The van der Waals surface area contributed by atoms with Crippen molar-refractivity contribution in [3.8, 4) is 0 Å². The smallest absolute Gasteiger partial charge is 0.120 e. The van der Waals surface area contributed by atoms with E-state index in [2.05, 4.69) is 15.5 Å². The average Bonchev–Trinajstić information content (AvgIpc) is 2.10. The number of aliphatic hydroxyl groups is 1. The molecule has 2 nitrogen and oxygen atoms in total. The van der Waals surface area contributed by atoms with Crippen LogP contribution in [0.4, 0.5) is 0 Å². The van der Waals surface area contributed by atoms with Crippen LogP contribution in [0.2, 0.25) is 0 Å². The van der Waals surface area contributed by atoms with Crippen LogP contribution in [0.1, 0.15) is 6.42 Å². The highest BCUT2D eigenvalue weighted by Gasteiger charge is 2.05. The second-order valence-electron chi connectivity index (χ2n) is 2.00. The predicted octanol–water partition coefficient (Wildman–Crippen LogP) is 3.14. The van der Waals surface area contributed by atoms with Crippen LogP contribution in [0.15, 0.2) is 0 Å². The summed E-state index contributed by atoms with van der Waals surface area (Å²) in [4.78, 5) is 10.1. The molecular formula is C5H13BrO2P4. The Labute approximate surface area is 87.6 Å². The van der Waals surface area contributed by atoms with Gasteiger partial charge in [-0.05, 0) is 19.3 Å². The molecule has 0 aromatic carbocycles. The number of carbonyl (C=O) groups is 1. The van der Waals surface area contributed by atoms with Crippen LogP contribution in [-0.2, 0) is 4.79 Å². The molecule has 0 aliphatic rings. The maximum atomic E-state index is 10.1. The Bertz CT molecular complexity index is 116. The van der Waals surface area contributed by atoms with Crippen molar-refractivity contribution in [1.29, 1.82) is 0 Å². The second kappa shape index (κ2) is 10.9. The van der Waals surface area contributed by atoms with Gasteiger partial charge >= 0.3 is 0 Å². The Kier molecular flexibility index (Phi) is 12.6. The summed E-state index contributed by atoms with van der Waals surface area (Å²) in [6.07, 6.45) is 3.60. The molecule has 4 atom stereocenters. The molecule has 12 heavy (non-hydrogen) atoms. The number of halogens is 1. The van der Waals surface area contributed by atoms with E-state index < -0.39 is 0 Å². The van der Waals surface area contributed by atoms with Gasteiger partial charge in [0.05, 0.1) is 0 Å². The van der Waals surface area contributed by atoms with E-state index in [4.69, 9.17) is 5.11 Å². The van der Waals surface area contributed by atoms with Gasteiger partial charge in [-0.15, -0.1) is 0 Å². The first kappa shape index (κ1) is 13.8. The summed E-state index contributed by atoms with van der Waals surface area (Å²) in [6.45, 7) is 1.14. The fraction of sp³-hybridized carbons (Fsp3) is 0.800. The molecule has 0 bridgehead atoms. The van der Waals surface area contributed by atoms with Gasteiger partial charge in [-0.25, -0.2) is 0 Å². The SMILES string of the molecule is O=CCCP(CCO)PPPBr. The van der Waals surface area contributed by atoms with E-state index in [0.717, 1.165) is 41.5 Å². The summed E-state index contributed by atoms with van der Waals surface area (Å²) in [6, 6.07) is 0. The Hall–Kier alpha value is 1.83. The molecule has 0 spiro atoms. The Morgan fingerprint density at radius 3 is 2.75 bits per heavy atom. The van der Waals surface area contributed by atoms with Crippen LogP contribution in [0.25, 0.3) is 0 Å². The third kappa shape index (κ3) is 8.43. The first-order valence-corrected chi connectivity index (χ1v) is 13.3. The van der Waals surface area contributed by atoms with E-state index in [0.29, 0.717) is 6.42 Å². The monoisotopic (exact) mass is 308 g/mol. The van der Waals surface area contributed by atoms with Gasteiger partial charge < -0.3 is 9.90 Å². The van der Waals surface area contributed by atoms with E-state index in [-0.39, 0.29) is 14.2 Å². The fourth-order valence-electron chi connectivity index (χ4n) is 0.653. The van der Waals surface area contributed by atoms with E-state index in [9.17, 15) is 4.79 Å². The van der Waals surface area contributed by atoms with Gasteiger partial charge in [0.2, 0.25) is 0 Å². The third-order valence-electron chi connectivity index (χ3n) is 1.15. The predicted molar refractivity (Wildman–Crippen MR) is 68.3 cm³/mol. The van der Waals surface area contributed by atoms with E-state index in [1.54, 1.807) is 0 Å². The molecule has 0 saturated carbocycles. The Balaban J connectivity index is 3.46. The molecule has 7 heteroatoms. The number of aliphatic hydroxyl groups excluding tert-OH is 1. The summed E-state index contributed by atoms with van der Waals surface area (Å²) < 4.78 is 0. The van der Waals surface area contributed by atoms with Crippen molar-refractivity contribution in [3.05, 3.63) is 0 Å². The maximum Gasteiger partial charge on any atom is 0.120 e. The van der Waals surface area contributed by atoms with Crippen LogP contribution in [0.5, 0.6) is 0 Å². The molecule has 0 heterocycles. The molecule has 0 aliphatic carbocycles. The van der Waals surface area contributed by atoms with Gasteiger partial charge in [-0.3, -0.25) is 0 Å². The molecular weight excluding hydrogens is 296 g/mol. The lowest BCUT2D eigenvalue weighted by Gasteiger charge is -2.13. The lowest BCUT2D eigenvalue weighted by molar-refractivity contribution is -0.107. The van der Waals surface area contributed by atoms with Crippen LogP contribution >= 0.6 is 46.0 Å². The topological polar surface area (TPSA) is 37.3 Å². The molecule has 0 aromatic heterocycles. The summed E-state index contributed by atoms with van der Waals surface area (Å²) in [7, 11) is 1.93. The van der Waals surface area contributed by atoms with Gasteiger partial charge in [0, 0.05) is 13.0 Å². The second-order valence-corrected chi connectivity index (χ2v) is 16.4. The van der Waals surface area contributed by atoms with Gasteiger partial charge in [-0.1, -0.05) is 39.0 Å². The Morgan fingerprint density at radius 2 is 2.25 bits per heavy atom. The zero-order valence-electron chi connectivity index (χ0n) is 6.59. The molecule has 0 radical (unpaired) electrons. The number of aldehydes is 1. The minimum Gasteiger partial charge on any atom is -0.396 e. The highest BCUT2D eigenvalue weighted by atomic mass is 79.9. The largest absolute Gasteiger partial charge is 0.396 e. The van der Waals surface area contributed by atoms with E-state index in [1.807, 2.05) is 0 Å². The van der Waals surface area contributed by atoms with Gasteiger partial charge in [0.15, 0.2) is 0 Å². The van der Waals surface area contributed by atoms with Gasteiger partial charge in [-0.2, -0.15) is 0 Å². The highest BCUT2D eigenvalue weighted by Crippen LogP contribution is 2.72. The molecule has 0 aromatic rings. The van der Waals surface area contributed by atoms with Crippen LogP contribution in [0.3, 0.4) is 0 Å². The number of hydrogen-bond acceptors (Lipinski definition) is 2. The quantitative estimate of drug-likeness (QED) is 0.552. The molecule has 0 aliphatic heterocycles. The van der Waals surface area contributed by atoms with Crippen molar-refractivity contribution in [3.63, 3.8) is 0 Å². The van der Waals surface area contributed by atoms with Crippen molar-refractivity contribution in [1.82, 2.24) is 0 Å². The zero-order valence-corrected chi connectivity index (χ0v) is 12.1. The van der Waals surface area contributed by atoms with E-state index in [1.165, 1.54) is 0 Å². The normalized spacial score (nSPS) is 15.8. The molecule has 72 valence electrons. The third-order valence-corrected chi connectivity index (χ3v) is 19.2. The van der Waals surface area contributed by atoms with Gasteiger partial charge in [0.1, 0.15) is 6.29 Å². The molecule has 0 amide bonds. The summed E-state index contributed by atoms with van der Waals surface area (Å²) >= 11 is 3.42. The standard InChI is InChI=1S/C5H13BrO2P4/c6-9-10-11-12(5-3-8)4-1-2-7/h2,8-11H,1,3-5H2. The number of hydrogen-bond donors (Lipinski definition) is 1. The lowest BCUT2D eigenvalue weighted by Crippen LogP contribution is -1.91. The first-order chi connectivity index (χ1) is 5.85. The van der Waals surface area contributed by atoms with Crippen molar-refractivity contribution in [2.75, 3.05) is 18.9 Å². The van der Waals surface area contributed by atoms with Crippen LogP contribution in [-0.4, -0.2) is 30.3 Å². The number of carbonyl (C=O) groups excluding carboxylic acids is 1. The first-order valence-electron chi connectivity index (χ1n) is 3.51. The molecule has 1 N–H and O–H groups in total. The Morgan fingerprint density at radius 1 is 1.50 bits per heavy atom. The molecule has 4 unspecified atom stereocenters. The van der Waals surface area contributed by atoms with Crippen molar-refractivity contribution in [2.24, 2.45) is 0 Å². The van der Waals surface area contributed by atoms with Gasteiger partial charge in [0.25, 0.3) is 0 Å². The van der Waals surface area contributed by atoms with Crippen LogP contribution in [0, 0.1) is 0 Å². The molecule has 0 saturated heterocycles. The summed E-state index contributed by atoms with van der Waals surface area (Å²) in [5.74, 6) is 0. The fourth-order valence-corrected chi connectivity index (χ4v) is 20.3. The van der Waals surface area contributed by atoms with Crippen molar-refractivity contribution < 1.29 is 9.90 Å². The maximum absolute atomic E-state index is 10.1. The molecule has 0 rings (SSSR count). The molecule has 0 fully saturated rings. The highest BCUT2D eigenvalue weighted by molar-refractivity contribution is 9.43. The zero-order chi connectivity index (χ0) is 9.23. The van der Waals surface area contributed by atoms with E-state index >= 15 is 0 Å². The minimum absolute atomic E-state index is 0.0367. The lowest BCUT2D eigenvalue weighted by atomic mass is 10.6. The minimum atomic E-state index is -0.0367. The summed E-state index contributed by atoms with van der Waals surface area (Å²) in [5, 5.41) is 8.76.